The van der Waals surface area contributed by atoms with Crippen molar-refractivity contribution in [3.05, 3.63) is 40.6 Å². The van der Waals surface area contributed by atoms with Crippen molar-refractivity contribution in [1.29, 1.82) is 0 Å². The van der Waals surface area contributed by atoms with Crippen LogP contribution in [-0.2, 0) is 7.05 Å². The molecule has 0 N–H and O–H groups in total. The molecule has 0 spiro atoms. The number of nitrogens with zero attached hydrogens (tertiary/aromatic N) is 7. The number of anilines is 1. The van der Waals surface area contributed by atoms with E-state index < -0.39 is 5.82 Å². The zero-order valence-electron chi connectivity index (χ0n) is 15.5. The first kappa shape index (κ1) is 17.3. The number of likely N-dealkylation sites (N-methyl/N-ethyl adjacent to an activating group) is 1. The van der Waals surface area contributed by atoms with Crippen LogP contribution in [0.4, 0.5) is 9.52 Å². The molecule has 4 aromatic rings. The first-order valence-electron chi connectivity index (χ1n) is 8.95. The fourth-order valence-electron chi connectivity index (χ4n) is 3.43. The highest BCUT2D eigenvalue weighted by Gasteiger charge is 2.19. The van der Waals surface area contributed by atoms with Crippen LogP contribution in [0.25, 0.3) is 27.1 Å². The normalized spacial score (nSPS) is 15.8. The summed E-state index contributed by atoms with van der Waals surface area (Å²) in [5.74, 6) is -0.433. The number of aromatic nitrogens is 5. The van der Waals surface area contributed by atoms with Gasteiger partial charge >= 0.3 is 0 Å². The van der Waals surface area contributed by atoms with E-state index in [4.69, 9.17) is 0 Å². The van der Waals surface area contributed by atoms with Crippen molar-refractivity contribution in [1.82, 2.24) is 29.3 Å². The number of fused-ring (bicyclic) bond motifs is 2. The van der Waals surface area contributed by atoms with Crippen molar-refractivity contribution in [2.24, 2.45) is 7.05 Å². The number of halogens is 1. The Kier molecular flexibility index (Phi) is 3.91. The van der Waals surface area contributed by atoms with Crippen molar-refractivity contribution >= 4 is 32.3 Å². The van der Waals surface area contributed by atoms with E-state index in [1.807, 2.05) is 0 Å². The molecule has 10 heteroatoms. The van der Waals surface area contributed by atoms with E-state index in [1.54, 1.807) is 24.0 Å². The summed E-state index contributed by atoms with van der Waals surface area (Å²) in [6, 6.07) is 4.57. The molecule has 1 aliphatic rings. The Balaban J connectivity index is 1.58. The second-order valence-corrected chi connectivity index (χ2v) is 7.98. The molecular formula is C18H18FN7OS. The van der Waals surface area contributed by atoms with E-state index in [0.29, 0.717) is 27.1 Å². The average Bonchev–Trinajstić information content (AvgIpc) is 3.26. The summed E-state index contributed by atoms with van der Waals surface area (Å²) in [6.07, 6.45) is 1.74. The van der Waals surface area contributed by atoms with Crippen LogP contribution in [0.3, 0.4) is 0 Å². The Morgan fingerprint density at radius 2 is 1.86 bits per heavy atom. The van der Waals surface area contributed by atoms with Crippen molar-refractivity contribution in [3.63, 3.8) is 0 Å². The van der Waals surface area contributed by atoms with Gasteiger partial charge < -0.3 is 9.80 Å². The van der Waals surface area contributed by atoms with Crippen molar-refractivity contribution < 1.29 is 4.39 Å². The molecule has 0 saturated carbocycles. The zero-order valence-corrected chi connectivity index (χ0v) is 16.3. The van der Waals surface area contributed by atoms with Gasteiger partial charge in [-0.2, -0.15) is 9.61 Å². The molecule has 1 saturated heterocycles. The van der Waals surface area contributed by atoms with Gasteiger partial charge in [-0.25, -0.2) is 9.37 Å². The standard InChI is InChI=1S/C18H18FN7OS/c1-23-3-5-25(6-4-23)18-22-26-15(27)9-14(20-17(26)28-18)11-7-12-10-24(2)21-16(12)13(19)8-11/h7-10H,3-6H2,1-2H3. The Hall–Kier alpha value is -2.85. The molecule has 3 aromatic heterocycles. The van der Waals surface area contributed by atoms with E-state index in [0.717, 1.165) is 31.3 Å². The Morgan fingerprint density at radius 1 is 1.07 bits per heavy atom. The lowest BCUT2D eigenvalue weighted by atomic mass is 10.1. The first-order valence-corrected chi connectivity index (χ1v) is 9.77. The molecule has 28 heavy (non-hydrogen) atoms. The second-order valence-electron chi connectivity index (χ2n) is 7.05. The van der Waals surface area contributed by atoms with Crippen LogP contribution >= 0.6 is 11.3 Å². The Labute approximate surface area is 163 Å². The number of benzene rings is 1. The number of hydrogen-bond acceptors (Lipinski definition) is 7. The van der Waals surface area contributed by atoms with Gasteiger partial charge in [-0.05, 0) is 19.2 Å². The van der Waals surface area contributed by atoms with Crippen LogP contribution in [0.5, 0.6) is 0 Å². The predicted octanol–water partition coefficient (Wildman–Crippen LogP) is 1.60. The van der Waals surface area contributed by atoms with Gasteiger partial charge in [-0.1, -0.05) is 11.3 Å². The minimum absolute atomic E-state index is 0.275. The maximum absolute atomic E-state index is 14.4. The van der Waals surface area contributed by atoms with Gasteiger partial charge in [0.2, 0.25) is 10.1 Å². The zero-order chi connectivity index (χ0) is 19.4. The lowest BCUT2D eigenvalue weighted by Crippen LogP contribution is -2.44. The minimum Gasteiger partial charge on any atom is -0.344 e. The van der Waals surface area contributed by atoms with Crippen molar-refractivity contribution in [2.75, 3.05) is 38.1 Å². The Bertz CT molecular complexity index is 1250. The van der Waals surface area contributed by atoms with Crippen molar-refractivity contribution in [3.8, 4) is 11.3 Å². The molecule has 0 unspecified atom stereocenters. The van der Waals surface area contributed by atoms with Gasteiger partial charge in [0.1, 0.15) is 5.52 Å². The molecule has 4 heterocycles. The van der Waals surface area contributed by atoms with Gasteiger partial charge in [0.05, 0.1) is 5.69 Å². The lowest BCUT2D eigenvalue weighted by Gasteiger charge is -2.31. The smallest absolute Gasteiger partial charge is 0.275 e. The van der Waals surface area contributed by atoms with Gasteiger partial charge in [-0.15, -0.1) is 5.10 Å². The molecule has 0 amide bonds. The van der Waals surface area contributed by atoms with Crippen LogP contribution in [-0.4, -0.2) is 62.5 Å². The summed E-state index contributed by atoms with van der Waals surface area (Å²) in [6.45, 7) is 3.63. The summed E-state index contributed by atoms with van der Waals surface area (Å²) in [4.78, 5) is 22.1. The van der Waals surface area contributed by atoms with E-state index >= 15 is 0 Å². The molecule has 1 fully saturated rings. The average molecular weight is 399 g/mol. The molecule has 1 aromatic carbocycles. The van der Waals surface area contributed by atoms with E-state index in [2.05, 4.69) is 32.0 Å². The third-order valence-corrected chi connectivity index (χ3v) is 5.95. The fraction of sp³-hybridized carbons (Fsp3) is 0.333. The van der Waals surface area contributed by atoms with Crippen LogP contribution in [0, 0.1) is 5.82 Å². The fourth-order valence-corrected chi connectivity index (χ4v) is 4.39. The first-order chi connectivity index (χ1) is 13.5. The molecule has 0 bridgehead atoms. The highest BCUT2D eigenvalue weighted by Crippen LogP contribution is 2.27. The molecule has 5 rings (SSSR count). The Morgan fingerprint density at radius 3 is 2.64 bits per heavy atom. The van der Waals surface area contributed by atoms with Crippen LogP contribution in [0.1, 0.15) is 0 Å². The number of hydrogen-bond donors (Lipinski definition) is 0. The summed E-state index contributed by atoms with van der Waals surface area (Å²) in [7, 11) is 3.83. The molecule has 0 atom stereocenters. The quantitative estimate of drug-likeness (QED) is 0.510. The summed E-state index contributed by atoms with van der Waals surface area (Å²) in [5, 5.41) is 10.0. The minimum atomic E-state index is -0.433. The third-order valence-electron chi connectivity index (χ3n) is 4.98. The molecule has 0 radical (unpaired) electrons. The second kappa shape index (κ2) is 6.35. The highest BCUT2D eigenvalue weighted by molar-refractivity contribution is 7.20. The summed E-state index contributed by atoms with van der Waals surface area (Å²) < 4.78 is 17.3. The van der Waals surface area contributed by atoms with Gasteiger partial charge in [0.25, 0.3) is 5.56 Å². The SMILES string of the molecule is CN1CCN(c2nn3c(=O)cc(-c4cc(F)c5nn(C)cc5c4)nc3s2)CC1. The van der Waals surface area contributed by atoms with Crippen molar-refractivity contribution in [2.45, 2.75) is 0 Å². The van der Waals surface area contributed by atoms with Gasteiger partial charge in [-0.3, -0.25) is 9.48 Å². The lowest BCUT2D eigenvalue weighted by molar-refractivity contribution is 0.312. The van der Waals surface area contributed by atoms with Crippen LogP contribution < -0.4 is 10.5 Å². The van der Waals surface area contributed by atoms with Gasteiger partial charge in [0, 0.05) is 56.4 Å². The van der Waals surface area contributed by atoms with Gasteiger partial charge in [0.15, 0.2) is 5.82 Å². The highest BCUT2D eigenvalue weighted by atomic mass is 32.1. The topological polar surface area (TPSA) is 71.6 Å². The largest absolute Gasteiger partial charge is 0.344 e. The number of piperazine rings is 1. The number of aryl methyl sites for hydroxylation is 1. The predicted molar refractivity (Wildman–Crippen MR) is 107 cm³/mol. The van der Waals surface area contributed by atoms with Crippen LogP contribution in [0.15, 0.2) is 29.2 Å². The maximum atomic E-state index is 14.4. The maximum Gasteiger partial charge on any atom is 0.275 e. The van der Waals surface area contributed by atoms with E-state index in [1.165, 1.54) is 28.0 Å². The molecule has 0 aliphatic carbocycles. The van der Waals surface area contributed by atoms with E-state index in [9.17, 15) is 9.18 Å². The molecular weight excluding hydrogens is 381 g/mol. The van der Waals surface area contributed by atoms with Crippen LogP contribution in [0.2, 0.25) is 0 Å². The molecule has 1 aliphatic heterocycles. The number of rotatable bonds is 2. The third kappa shape index (κ3) is 2.85. The summed E-state index contributed by atoms with van der Waals surface area (Å²) in [5.41, 5.74) is 1.01. The molecule has 8 nitrogen and oxygen atoms in total. The van der Waals surface area contributed by atoms with E-state index in [-0.39, 0.29) is 5.56 Å². The monoisotopic (exact) mass is 399 g/mol. The molecule has 144 valence electrons. The summed E-state index contributed by atoms with van der Waals surface area (Å²) >= 11 is 1.38.